The van der Waals surface area contributed by atoms with Crippen molar-refractivity contribution in [3.05, 3.63) is 59.9 Å². The van der Waals surface area contributed by atoms with E-state index in [-0.39, 0.29) is 0 Å². The molecule has 0 unspecified atom stereocenters. The molecule has 1 N–H and O–H groups in total. The van der Waals surface area contributed by atoms with Crippen LogP contribution in [-0.2, 0) is 0 Å². The summed E-state index contributed by atoms with van der Waals surface area (Å²) in [5, 5.41) is 22.1. The number of rotatable bonds is 4. The second-order valence-corrected chi connectivity index (χ2v) is 8.96. The first kappa shape index (κ1) is 19.8. The minimum absolute atomic E-state index is 0.385. The Labute approximate surface area is 185 Å². The Morgan fingerprint density at radius 2 is 2.10 bits per heavy atom. The summed E-state index contributed by atoms with van der Waals surface area (Å²) >= 11 is 1.64. The Balaban J connectivity index is 1.59. The third-order valence-corrected chi connectivity index (χ3v) is 7.12. The van der Waals surface area contributed by atoms with Crippen LogP contribution in [0.5, 0.6) is 0 Å². The van der Waals surface area contributed by atoms with Crippen LogP contribution in [0.4, 0.5) is 0 Å². The number of piperidine rings is 1. The normalized spacial score (nSPS) is 16.5. The van der Waals surface area contributed by atoms with Gasteiger partial charge in [0.25, 0.3) is 0 Å². The fourth-order valence-corrected chi connectivity index (χ4v) is 5.23. The maximum atomic E-state index is 9.61. The number of hydrogen-bond donors (Lipinski definition) is 1. The summed E-state index contributed by atoms with van der Waals surface area (Å²) in [6.45, 7) is 6.13. The highest BCUT2D eigenvalue weighted by atomic mass is 32.2. The van der Waals surface area contributed by atoms with Gasteiger partial charge in [0.1, 0.15) is 6.07 Å². The van der Waals surface area contributed by atoms with Gasteiger partial charge in [0.05, 0.1) is 35.2 Å². The van der Waals surface area contributed by atoms with Crippen molar-refractivity contribution in [3.63, 3.8) is 0 Å². The van der Waals surface area contributed by atoms with Crippen LogP contribution in [0.3, 0.4) is 0 Å². The van der Waals surface area contributed by atoms with E-state index < -0.39 is 0 Å². The molecule has 5 rings (SSSR count). The van der Waals surface area contributed by atoms with E-state index in [0.29, 0.717) is 11.6 Å². The van der Waals surface area contributed by atoms with Crippen molar-refractivity contribution in [1.82, 2.24) is 29.7 Å². The van der Waals surface area contributed by atoms with Crippen LogP contribution < -0.4 is 5.32 Å². The average Bonchev–Trinajstić information content (AvgIpc) is 3.44. The molecule has 0 aliphatic carbocycles. The van der Waals surface area contributed by atoms with Crippen molar-refractivity contribution in [1.29, 1.82) is 5.26 Å². The topological polar surface area (TPSA) is 83.8 Å². The molecule has 7 nitrogen and oxygen atoms in total. The molecular weight excluding hydrogens is 406 g/mol. The predicted octanol–water partition coefficient (Wildman–Crippen LogP) is 4.16. The highest BCUT2D eigenvalue weighted by Gasteiger charge is 2.18. The average molecular weight is 430 g/mol. The maximum Gasteiger partial charge on any atom is 0.103 e. The quantitative estimate of drug-likeness (QED) is 0.524. The van der Waals surface area contributed by atoms with E-state index in [4.69, 9.17) is 0 Å². The van der Waals surface area contributed by atoms with Gasteiger partial charge in [0, 0.05) is 46.1 Å². The van der Waals surface area contributed by atoms with Crippen LogP contribution in [0.2, 0.25) is 0 Å². The molecule has 0 saturated carbocycles. The van der Waals surface area contributed by atoms with Gasteiger partial charge in [0.2, 0.25) is 0 Å². The Kier molecular flexibility index (Phi) is 5.22. The van der Waals surface area contributed by atoms with Crippen LogP contribution in [0.25, 0.3) is 16.6 Å². The maximum absolute atomic E-state index is 9.61. The number of hydrogen-bond acceptors (Lipinski definition) is 6. The lowest BCUT2D eigenvalue weighted by atomic mass is 10.1. The highest BCUT2D eigenvalue weighted by Crippen LogP contribution is 2.38. The molecule has 4 aromatic rings. The SMILES string of the molecule is Cc1ccnc(C)c1Sc1cc(-c2cnn([C@H]3CCCNC3)c2)cn2ncc(C#N)c12. The number of nitrogens with zero attached hydrogens (tertiary/aromatic N) is 6. The van der Waals surface area contributed by atoms with Gasteiger partial charge in [-0.25, -0.2) is 4.52 Å². The van der Waals surface area contributed by atoms with E-state index in [1.54, 1.807) is 22.5 Å². The van der Waals surface area contributed by atoms with Gasteiger partial charge in [-0.15, -0.1) is 0 Å². The highest BCUT2D eigenvalue weighted by molar-refractivity contribution is 7.99. The van der Waals surface area contributed by atoms with Crippen molar-refractivity contribution in [3.8, 4) is 17.2 Å². The molecule has 1 aliphatic heterocycles. The Bertz CT molecular complexity index is 1270. The van der Waals surface area contributed by atoms with Crippen molar-refractivity contribution in [2.45, 2.75) is 42.5 Å². The largest absolute Gasteiger partial charge is 0.315 e. The minimum Gasteiger partial charge on any atom is -0.315 e. The fraction of sp³-hybridized carbons (Fsp3) is 0.304. The summed E-state index contributed by atoms with van der Waals surface area (Å²) in [4.78, 5) is 6.55. The van der Waals surface area contributed by atoms with E-state index in [9.17, 15) is 5.26 Å². The third-order valence-electron chi connectivity index (χ3n) is 5.77. The second kappa shape index (κ2) is 8.17. The molecule has 1 aliphatic rings. The molecule has 0 aromatic carbocycles. The predicted molar refractivity (Wildman–Crippen MR) is 120 cm³/mol. The summed E-state index contributed by atoms with van der Waals surface area (Å²) in [7, 11) is 0. The first-order chi connectivity index (χ1) is 15.1. The first-order valence-corrected chi connectivity index (χ1v) is 11.2. The number of aromatic nitrogens is 5. The van der Waals surface area contributed by atoms with E-state index in [0.717, 1.165) is 57.2 Å². The minimum atomic E-state index is 0.385. The Hall–Kier alpha value is -3.15. The molecule has 1 saturated heterocycles. The van der Waals surface area contributed by atoms with Gasteiger partial charge in [-0.3, -0.25) is 9.67 Å². The standard InChI is InChI=1S/C23H23N7S/c1-15-5-7-26-16(2)23(15)31-21-8-17(13-30-22(21)18(9-24)10-28-30)19-11-27-29(14-19)20-4-3-6-25-12-20/h5,7-8,10-11,13-14,20,25H,3-4,6,12H2,1-2H3/t20-/m0/s1. The van der Waals surface area contributed by atoms with Gasteiger partial charge >= 0.3 is 0 Å². The fourth-order valence-electron chi connectivity index (χ4n) is 4.09. The van der Waals surface area contributed by atoms with Crippen LogP contribution in [0, 0.1) is 25.2 Å². The summed E-state index contributed by atoms with van der Waals surface area (Å²) in [5.74, 6) is 0. The van der Waals surface area contributed by atoms with E-state index in [2.05, 4.69) is 50.4 Å². The molecule has 0 bridgehead atoms. The molecule has 31 heavy (non-hydrogen) atoms. The van der Waals surface area contributed by atoms with E-state index >= 15 is 0 Å². The zero-order valence-electron chi connectivity index (χ0n) is 17.5. The number of pyridine rings is 2. The van der Waals surface area contributed by atoms with Crippen LogP contribution >= 0.6 is 11.8 Å². The molecule has 1 fully saturated rings. The third kappa shape index (κ3) is 3.71. The number of aryl methyl sites for hydroxylation is 2. The van der Waals surface area contributed by atoms with E-state index in [1.807, 2.05) is 31.6 Å². The van der Waals surface area contributed by atoms with E-state index in [1.165, 1.54) is 6.42 Å². The van der Waals surface area contributed by atoms with Gasteiger partial charge in [-0.1, -0.05) is 11.8 Å². The summed E-state index contributed by atoms with van der Waals surface area (Å²) < 4.78 is 3.87. The first-order valence-electron chi connectivity index (χ1n) is 10.4. The van der Waals surface area contributed by atoms with Crippen LogP contribution in [-0.4, -0.2) is 37.5 Å². The Morgan fingerprint density at radius 3 is 2.87 bits per heavy atom. The smallest absolute Gasteiger partial charge is 0.103 e. The van der Waals surface area contributed by atoms with Gasteiger partial charge < -0.3 is 5.32 Å². The molecular formula is C23H23N7S. The van der Waals surface area contributed by atoms with Crippen LogP contribution in [0.15, 0.2) is 52.9 Å². The molecule has 0 spiro atoms. The molecule has 0 radical (unpaired) electrons. The van der Waals surface area contributed by atoms with Gasteiger partial charge in [-0.2, -0.15) is 15.5 Å². The zero-order valence-corrected chi connectivity index (χ0v) is 18.4. The Morgan fingerprint density at radius 1 is 1.19 bits per heavy atom. The van der Waals surface area contributed by atoms with Crippen molar-refractivity contribution in [2.75, 3.05) is 13.1 Å². The van der Waals surface area contributed by atoms with Gasteiger partial charge in [-0.05, 0) is 50.9 Å². The van der Waals surface area contributed by atoms with Crippen molar-refractivity contribution < 1.29 is 0 Å². The molecule has 1 atom stereocenters. The lowest BCUT2D eigenvalue weighted by Gasteiger charge is -2.22. The van der Waals surface area contributed by atoms with Crippen LogP contribution in [0.1, 0.15) is 35.7 Å². The molecule has 8 heteroatoms. The summed E-state index contributed by atoms with van der Waals surface area (Å²) in [6, 6.07) is 6.81. The number of nitrogens with one attached hydrogen (secondary N) is 1. The number of nitriles is 1. The molecule has 5 heterocycles. The monoisotopic (exact) mass is 429 g/mol. The van der Waals surface area contributed by atoms with Crippen molar-refractivity contribution in [2.24, 2.45) is 0 Å². The lowest BCUT2D eigenvalue weighted by Crippen LogP contribution is -2.31. The zero-order chi connectivity index (χ0) is 21.4. The molecule has 0 amide bonds. The molecule has 4 aromatic heterocycles. The summed E-state index contributed by atoms with van der Waals surface area (Å²) in [5.41, 5.74) is 5.60. The summed E-state index contributed by atoms with van der Waals surface area (Å²) in [6.07, 6.45) is 11.8. The van der Waals surface area contributed by atoms with Gasteiger partial charge in [0.15, 0.2) is 0 Å². The number of fused-ring (bicyclic) bond motifs is 1. The van der Waals surface area contributed by atoms with Crippen molar-refractivity contribution >= 4 is 17.3 Å². The second-order valence-electron chi connectivity index (χ2n) is 7.91. The lowest BCUT2D eigenvalue weighted by molar-refractivity contribution is 0.347. The molecule has 156 valence electrons.